The maximum Gasteiger partial charge on any atom is 0.263 e. The van der Waals surface area contributed by atoms with Gasteiger partial charge in [-0.1, -0.05) is 39.8 Å². The van der Waals surface area contributed by atoms with E-state index in [4.69, 9.17) is 9.47 Å². The molecule has 5 heteroatoms. The Balaban J connectivity index is 1.57. The second-order valence-corrected chi connectivity index (χ2v) is 8.80. The van der Waals surface area contributed by atoms with Crippen molar-refractivity contribution in [1.82, 2.24) is 4.90 Å². The largest absolute Gasteiger partial charge is 0.497 e. The van der Waals surface area contributed by atoms with Crippen molar-refractivity contribution in [3.05, 3.63) is 54.1 Å². The van der Waals surface area contributed by atoms with Crippen molar-refractivity contribution in [3.8, 4) is 11.5 Å². The number of carbonyl (C=O) groups excluding carboxylic acids is 1. The third kappa shape index (κ3) is 5.26. The lowest BCUT2D eigenvalue weighted by atomic mass is 9.87. The topological polar surface area (TPSA) is 42.0 Å². The van der Waals surface area contributed by atoms with Crippen LogP contribution in [-0.2, 0) is 10.2 Å². The van der Waals surface area contributed by atoms with Crippen LogP contribution in [0, 0.1) is 0 Å². The molecule has 1 amide bonds. The van der Waals surface area contributed by atoms with Crippen LogP contribution in [0.2, 0.25) is 0 Å². The molecular formula is C25H34N2O3. The number of hydrogen-bond donors (Lipinski definition) is 0. The molecule has 1 aliphatic rings. The third-order valence-corrected chi connectivity index (χ3v) is 5.67. The highest BCUT2D eigenvalue weighted by Gasteiger charge is 2.28. The first kappa shape index (κ1) is 22.0. The molecule has 1 atom stereocenters. The maximum absolute atomic E-state index is 13.1. The number of ether oxygens (including phenoxy) is 2. The van der Waals surface area contributed by atoms with Gasteiger partial charge in [0.25, 0.3) is 5.91 Å². The molecule has 0 aromatic heterocycles. The van der Waals surface area contributed by atoms with E-state index in [2.05, 4.69) is 49.9 Å². The molecule has 30 heavy (non-hydrogen) atoms. The van der Waals surface area contributed by atoms with Crippen LogP contribution in [0.3, 0.4) is 0 Å². The van der Waals surface area contributed by atoms with Gasteiger partial charge in [0.05, 0.1) is 7.11 Å². The van der Waals surface area contributed by atoms with Crippen LogP contribution in [0.15, 0.2) is 48.5 Å². The Kier molecular flexibility index (Phi) is 6.91. The highest BCUT2D eigenvalue weighted by molar-refractivity contribution is 5.81. The van der Waals surface area contributed by atoms with Crippen LogP contribution in [0.5, 0.6) is 11.5 Å². The van der Waals surface area contributed by atoms with E-state index in [0.29, 0.717) is 19.5 Å². The predicted molar refractivity (Wildman–Crippen MR) is 122 cm³/mol. The van der Waals surface area contributed by atoms with E-state index < -0.39 is 6.10 Å². The van der Waals surface area contributed by atoms with Gasteiger partial charge in [0.15, 0.2) is 6.10 Å². The van der Waals surface area contributed by atoms with E-state index >= 15 is 0 Å². The smallest absolute Gasteiger partial charge is 0.263 e. The van der Waals surface area contributed by atoms with Gasteiger partial charge in [0.1, 0.15) is 11.5 Å². The van der Waals surface area contributed by atoms with Crippen LogP contribution in [-0.4, -0.2) is 50.2 Å². The number of benzene rings is 2. The Morgan fingerprint density at radius 3 is 2.00 bits per heavy atom. The van der Waals surface area contributed by atoms with Gasteiger partial charge in [-0.3, -0.25) is 4.79 Å². The molecule has 1 aliphatic heterocycles. The highest BCUT2D eigenvalue weighted by atomic mass is 16.5. The van der Waals surface area contributed by atoms with Gasteiger partial charge in [-0.05, 0) is 53.8 Å². The van der Waals surface area contributed by atoms with E-state index in [-0.39, 0.29) is 11.3 Å². The van der Waals surface area contributed by atoms with Gasteiger partial charge in [-0.15, -0.1) is 0 Å². The summed E-state index contributed by atoms with van der Waals surface area (Å²) in [6.45, 7) is 11.6. The summed E-state index contributed by atoms with van der Waals surface area (Å²) in [5.74, 6) is 1.68. The zero-order chi connectivity index (χ0) is 21.7. The Bertz CT molecular complexity index is 817. The number of rotatable bonds is 6. The van der Waals surface area contributed by atoms with Crippen molar-refractivity contribution in [2.75, 3.05) is 38.2 Å². The van der Waals surface area contributed by atoms with Gasteiger partial charge < -0.3 is 19.3 Å². The molecule has 2 aromatic rings. The minimum absolute atomic E-state index is 0.0757. The van der Waals surface area contributed by atoms with Crippen LogP contribution in [0.1, 0.15) is 39.7 Å². The second kappa shape index (κ2) is 9.41. The standard InChI is InChI=1S/C25H34N2O3/c1-6-23(30-22-11-7-19(8-12-22)25(2,3)4)24(28)27-17-15-26(16-18-27)20-9-13-21(29-5)14-10-20/h7-14,23H,6,15-18H2,1-5H3/t23-/m1/s1. The number of piperazine rings is 1. The molecule has 162 valence electrons. The summed E-state index contributed by atoms with van der Waals surface area (Å²) in [4.78, 5) is 17.3. The average molecular weight is 411 g/mol. The van der Waals surface area contributed by atoms with Gasteiger partial charge in [0, 0.05) is 31.9 Å². The van der Waals surface area contributed by atoms with Gasteiger partial charge >= 0.3 is 0 Å². The fourth-order valence-corrected chi connectivity index (χ4v) is 3.69. The summed E-state index contributed by atoms with van der Waals surface area (Å²) in [6, 6.07) is 16.2. The summed E-state index contributed by atoms with van der Waals surface area (Å²) in [5, 5.41) is 0. The van der Waals surface area contributed by atoms with E-state index in [0.717, 1.165) is 30.3 Å². The first-order chi connectivity index (χ1) is 14.3. The van der Waals surface area contributed by atoms with Gasteiger partial charge in [-0.25, -0.2) is 0 Å². The fraction of sp³-hybridized carbons (Fsp3) is 0.480. The van der Waals surface area contributed by atoms with E-state index in [1.807, 2.05) is 36.1 Å². The average Bonchev–Trinajstić information content (AvgIpc) is 2.77. The number of hydrogen-bond acceptors (Lipinski definition) is 4. The van der Waals surface area contributed by atoms with Gasteiger partial charge in [0.2, 0.25) is 0 Å². The van der Waals surface area contributed by atoms with E-state index in [1.54, 1.807) is 7.11 Å². The Morgan fingerprint density at radius 1 is 0.933 bits per heavy atom. The summed E-state index contributed by atoms with van der Waals surface area (Å²) in [6.07, 6.45) is 0.205. The van der Waals surface area contributed by atoms with Crippen molar-refractivity contribution >= 4 is 11.6 Å². The molecule has 0 radical (unpaired) electrons. The SMILES string of the molecule is CC[C@@H](Oc1ccc(C(C)(C)C)cc1)C(=O)N1CCN(c2ccc(OC)cc2)CC1. The zero-order valence-electron chi connectivity index (χ0n) is 18.9. The molecule has 0 saturated carbocycles. The maximum atomic E-state index is 13.1. The quantitative estimate of drug-likeness (QED) is 0.703. The van der Waals surface area contributed by atoms with E-state index in [1.165, 1.54) is 5.56 Å². The van der Waals surface area contributed by atoms with Crippen LogP contribution < -0.4 is 14.4 Å². The summed E-state index contributed by atoms with van der Waals surface area (Å²) in [7, 11) is 1.67. The fourth-order valence-electron chi connectivity index (χ4n) is 3.69. The molecule has 0 aliphatic carbocycles. The number of carbonyl (C=O) groups is 1. The monoisotopic (exact) mass is 410 g/mol. The highest BCUT2D eigenvalue weighted by Crippen LogP contribution is 2.25. The summed E-state index contributed by atoms with van der Waals surface area (Å²) in [5.41, 5.74) is 2.51. The molecule has 5 nitrogen and oxygen atoms in total. The number of nitrogens with zero attached hydrogens (tertiary/aromatic N) is 2. The summed E-state index contributed by atoms with van der Waals surface area (Å²) < 4.78 is 11.3. The Labute approximate surface area is 180 Å². The lowest BCUT2D eigenvalue weighted by molar-refractivity contribution is -0.139. The molecule has 2 aromatic carbocycles. The molecule has 0 bridgehead atoms. The molecule has 1 heterocycles. The molecule has 0 N–H and O–H groups in total. The minimum Gasteiger partial charge on any atom is -0.497 e. The van der Waals surface area contributed by atoms with Crippen molar-refractivity contribution in [3.63, 3.8) is 0 Å². The Morgan fingerprint density at radius 2 is 1.50 bits per heavy atom. The molecule has 1 fully saturated rings. The summed E-state index contributed by atoms with van der Waals surface area (Å²) >= 11 is 0. The lowest BCUT2D eigenvalue weighted by Gasteiger charge is -2.37. The first-order valence-electron chi connectivity index (χ1n) is 10.8. The molecule has 0 spiro atoms. The second-order valence-electron chi connectivity index (χ2n) is 8.80. The molecular weight excluding hydrogens is 376 g/mol. The minimum atomic E-state index is -0.446. The molecule has 0 unspecified atom stereocenters. The number of amides is 1. The van der Waals surface area contributed by atoms with Crippen molar-refractivity contribution in [2.45, 2.75) is 45.6 Å². The first-order valence-corrected chi connectivity index (χ1v) is 10.8. The van der Waals surface area contributed by atoms with Crippen molar-refractivity contribution in [2.24, 2.45) is 0 Å². The number of methoxy groups -OCH3 is 1. The van der Waals surface area contributed by atoms with Crippen molar-refractivity contribution in [1.29, 1.82) is 0 Å². The molecule has 3 rings (SSSR count). The third-order valence-electron chi connectivity index (χ3n) is 5.67. The lowest BCUT2D eigenvalue weighted by Crippen LogP contribution is -2.52. The molecule has 1 saturated heterocycles. The van der Waals surface area contributed by atoms with E-state index in [9.17, 15) is 4.79 Å². The van der Waals surface area contributed by atoms with Crippen LogP contribution >= 0.6 is 0 Å². The normalized spacial score (nSPS) is 15.6. The van der Waals surface area contributed by atoms with Crippen molar-refractivity contribution < 1.29 is 14.3 Å². The predicted octanol–water partition coefficient (Wildman–Crippen LogP) is 4.50. The Hall–Kier alpha value is -2.69. The van der Waals surface area contributed by atoms with Crippen LogP contribution in [0.4, 0.5) is 5.69 Å². The number of anilines is 1. The van der Waals surface area contributed by atoms with Crippen LogP contribution in [0.25, 0.3) is 0 Å². The zero-order valence-corrected chi connectivity index (χ0v) is 18.9. The van der Waals surface area contributed by atoms with Gasteiger partial charge in [-0.2, -0.15) is 0 Å².